The second-order valence-electron chi connectivity index (χ2n) is 5.84. The monoisotopic (exact) mass is 240 g/mol. The van der Waals surface area contributed by atoms with Crippen molar-refractivity contribution in [2.24, 2.45) is 0 Å². The van der Waals surface area contributed by atoms with Crippen LogP contribution >= 0.6 is 0 Å². The molecule has 0 aromatic heterocycles. The van der Waals surface area contributed by atoms with E-state index in [0.29, 0.717) is 18.9 Å². The van der Waals surface area contributed by atoms with Crippen LogP contribution in [0.25, 0.3) is 0 Å². The molecule has 0 spiro atoms. The van der Waals surface area contributed by atoms with Crippen LogP contribution in [0.15, 0.2) is 0 Å². The zero-order chi connectivity index (χ0) is 12.5. The van der Waals surface area contributed by atoms with Crippen molar-refractivity contribution >= 4 is 5.91 Å². The standard InChI is InChI=1S/C13H24N2O2/c1-15(2)11-6-5-10(9-11)14-12(16)13(17)7-3-4-8-13/h10-11,17H,3-9H2,1-2H3,(H,14,16). The summed E-state index contributed by atoms with van der Waals surface area (Å²) in [6.45, 7) is 0. The van der Waals surface area contributed by atoms with Crippen LogP contribution in [0.2, 0.25) is 0 Å². The maximum Gasteiger partial charge on any atom is 0.252 e. The van der Waals surface area contributed by atoms with E-state index in [0.717, 1.165) is 32.1 Å². The third-order valence-electron chi connectivity index (χ3n) is 4.32. The van der Waals surface area contributed by atoms with Gasteiger partial charge >= 0.3 is 0 Å². The van der Waals surface area contributed by atoms with E-state index in [1.807, 2.05) is 0 Å². The van der Waals surface area contributed by atoms with Crippen molar-refractivity contribution in [1.29, 1.82) is 0 Å². The average molecular weight is 240 g/mol. The van der Waals surface area contributed by atoms with Crippen molar-refractivity contribution in [1.82, 2.24) is 10.2 Å². The highest BCUT2D eigenvalue weighted by molar-refractivity contribution is 5.85. The molecule has 2 aliphatic rings. The minimum Gasteiger partial charge on any atom is -0.380 e. The number of amides is 1. The predicted molar refractivity (Wildman–Crippen MR) is 66.7 cm³/mol. The van der Waals surface area contributed by atoms with Gasteiger partial charge < -0.3 is 15.3 Å². The summed E-state index contributed by atoms with van der Waals surface area (Å²) in [6, 6.07) is 0.818. The zero-order valence-electron chi connectivity index (χ0n) is 10.9. The molecule has 0 aromatic rings. The normalized spacial score (nSPS) is 32.0. The van der Waals surface area contributed by atoms with Crippen LogP contribution in [-0.2, 0) is 4.79 Å². The number of aliphatic hydroxyl groups is 1. The lowest BCUT2D eigenvalue weighted by atomic mass is 10.0. The van der Waals surface area contributed by atoms with Crippen LogP contribution in [0.1, 0.15) is 44.9 Å². The Balaban J connectivity index is 1.84. The Morgan fingerprint density at radius 1 is 1.29 bits per heavy atom. The van der Waals surface area contributed by atoms with Gasteiger partial charge in [-0.2, -0.15) is 0 Å². The minimum atomic E-state index is -1.07. The molecule has 1 amide bonds. The summed E-state index contributed by atoms with van der Waals surface area (Å²) < 4.78 is 0. The fourth-order valence-electron chi connectivity index (χ4n) is 3.06. The fourth-order valence-corrected chi connectivity index (χ4v) is 3.06. The van der Waals surface area contributed by atoms with Crippen LogP contribution in [0.3, 0.4) is 0 Å². The molecule has 0 bridgehead atoms. The molecule has 2 unspecified atom stereocenters. The van der Waals surface area contributed by atoms with Gasteiger partial charge in [0.15, 0.2) is 0 Å². The number of carbonyl (C=O) groups is 1. The Bertz CT molecular complexity index is 285. The third-order valence-corrected chi connectivity index (χ3v) is 4.32. The van der Waals surface area contributed by atoms with Crippen LogP contribution in [0.5, 0.6) is 0 Å². The first-order valence-corrected chi connectivity index (χ1v) is 6.71. The second kappa shape index (κ2) is 4.94. The van der Waals surface area contributed by atoms with Crippen LogP contribution in [-0.4, -0.2) is 47.7 Å². The highest BCUT2D eigenvalue weighted by Gasteiger charge is 2.40. The summed E-state index contributed by atoms with van der Waals surface area (Å²) in [5.74, 6) is -0.139. The van der Waals surface area contributed by atoms with Gasteiger partial charge in [-0.1, -0.05) is 0 Å². The molecule has 0 aromatic carbocycles. The smallest absolute Gasteiger partial charge is 0.252 e. The van der Waals surface area contributed by atoms with Gasteiger partial charge in [0.2, 0.25) is 0 Å². The molecule has 2 N–H and O–H groups in total. The molecule has 2 saturated carbocycles. The highest BCUT2D eigenvalue weighted by atomic mass is 16.3. The first kappa shape index (κ1) is 12.8. The molecule has 0 radical (unpaired) electrons. The first-order chi connectivity index (χ1) is 8.01. The van der Waals surface area contributed by atoms with E-state index < -0.39 is 5.60 Å². The van der Waals surface area contributed by atoms with Gasteiger partial charge in [0, 0.05) is 12.1 Å². The van der Waals surface area contributed by atoms with Crippen molar-refractivity contribution in [3.8, 4) is 0 Å². The maximum absolute atomic E-state index is 12.0. The molecule has 0 heterocycles. The maximum atomic E-state index is 12.0. The Morgan fingerprint density at radius 3 is 2.47 bits per heavy atom. The molecule has 2 rings (SSSR count). The molecular formula is C13H24N2O2. The molecule has 2 aliphatic carbocycles. The molecule has 2 fully saturated rings. The molecule has 0 aliphatic heterocycles. The van der Waals surface area contributed by atoms with Crippen LogP contribution < -0.4 is 5.32 Å². The molecule has 4 nitrogen and oxygen atoms in total. The third kappa shape index (κ3) is 2.80. The molecule has 2 atom stereocenters. The van der Waals surface area contributed by atoms with Gasteiger partial charge in [-0.3, -0.25) is 4.79 Å². The van der Waals surface area contributed by atoms with E-state index in [4.69, 9.17) is 0 Å². The molecule has 98 valence electrons. The van der Waals surface area contributed by atoms with E-state index in [2.05, 4.69) is 24.3 Å². The quantitative estimate of drug-likeness (QED) is 0.770. The summed E-state index contributed by atoms with van der Waals surface area (Å²) in [4.78, 5) is 14.2. The van der Waals surface area contributed by atoms with Crippen molar-refractivity contribution in [3.63, 3.8) is 0 Å². The summed E-state index contributed by atoms with van der Waals surface area (Å²) in [5, 5.41) is 13.2. The van der Waals surface area contributed by atoms with Crippen molar-refractivity contribution in [3.05, 3.63) is 0 Å². The Hall–Kier alpha value is -0.610. The Kier molecular flexibility index (Phi) is 3.73. The summed E-state index contributed by atoms with van der Waals surface area (Å²) in [5.41, 5.74) is -1.07. The number of rotatable bonds is 3. The Labute approximate surface area is 103 Å². The second-order valence-corrected chi connectivity index (χ2v) is 5.84. The summed E-state index contributed by atoms with van der Waals surface area (Å²) in [6.07, 6.45) is 6.37. The SMILES string of the molecule is CN(C)C1CCC(NC(=O)C2(O)CCCC2)C1. The van der Waals surface area contributed by atoms with Gasteiger partial charge in [-0.05, 0) is 59.0 Å². The van der Waals surface area contributed by atoms with Crippen molar-refractivity contribution in [2.45, 2.75) is 62.6 Å². The minimum absolute atomic E-state index is 0.139. The van der Waals surface area contributed by atoms with Crippen LogP contribution in [0.4, 0.5) is 0 Å². The highest BCUT2D eigenvalue weighted by Crippen LogP contribution is 2.30. The van der Waals surface area contributed by atoms with Gasteiger partial charge in [0.1, 0.15) is 5.60 Å². The van der Waals surface area contributed by atoms with E-state index in [1.54, 1.807) is 0 Å². The van der Waals surface area contributed by atoms with E-state index in [1.165, 1.54) is 0 Å². The predicted octanol–water partition coefficient (Wildman–Crippen LogP) is 0.890. The molecule has 0 saturated heterocycles. The Morgan fingerprint density at radius 2 is 1.94 bits per heavy atom. The molecule has 17 heavy (non-hydrogen) atoms. The number of hydrogen-bond acceptors (Lipinski definition) is 3. The summed E-state index contributed by atoms with van der Waals surface area (Å²) >= 11 is 0. The van der Waals surface area contributed by atoms with Gasteiger partial charge in [-0.15, -0.1) is 0 Å². The van der Waals surface area contributed by atoms with E-state index in [9.17, 15) is 9.90 Å². The lowest BCUT2D eigenvalue weighted by Gasteiger charge is -2.24. The lowest BCUT2D eigenvalue weighted by Crippen LogP contribution is -2.48. The van der Waals surface area contributed by atoms with E-state index >= 15 is 0 Å². The van der Waals surface area contributed by atoms with Crippen molar-refractivity contribution < 1.29 is 9.90 Å². The van der Waals surface area contributed by atoms with Crippen molar-refractivity contribution in [2.75, 3.05) is 14.1 Å². The summed E-state index contributed by atoms with van der Waals surface area (Å²) in [7, 11) is 4.17. The number of hydrogen-bond donors (Lipinski definition) is 2. The van der Waals surface area contributed by atoms with Crippen LogP contribution in [0, 0.1) is 0 Å². The van der Waals surface area contributed by atoms with Gasteiger partial charge in [-0.25, -0.2) is 0 Å². The topological polar surface area (TPSA) is 52.6 Å². The number of carbonyl (C=O) groups excluding carboxylic acids is 1. The van der Waals surface area contributed by atoms with E-state index in [-0.39, 0.29) is 11.9 Å². The first-order valence-electron chi connectivity index (χ1n) is 6.71. The number of nitrogens with zero attached hydrogens (tertiary/aromatic N) is 1. The molecular weight excluding hydrogens is 216 g/mol. The van der Waals surface area contributed by atoms with Gasteiger partial charge in [0.25, 0.3) is 5.91 Å². The van der Waals surface area contributed by atoms with Gasteiger partial charge in [0.05, 0.1) is 0 Å². The average Bonchev–Trinajstić information content (AvgIpc) is 2.88. The zero-order valence-corrected chi connectivity index (χ0v) is 10.9. The fraction of sp³-hybridized carbons (Fsp3) is 0.923. The largest absolute Gasteiger partial charge is 0.380 e. The number of nitrogens with one attached hydrogen (secondary N) is 1. The molecule has 4 heteroatoms. The lowest BCUT2D eigenvalue weighted by molar-refractivity contribution is -0.139.